The van der Waals surface area contributed by atoms with E-state index in [1.165, 1.54) is 51.4 Å². The smallest absolute Gasteiger partial charge is 0.0622 e. The fourth-order valence-corrected chi connectivity index (χ4v) is 9.81. The molecule has 0 saturated heterocycles. The molecule has 0 aromatic carbocycles. The lowest BCUT2D eigenvalue weighted by atomic mass is 9.43. The molecule has 4 fully saturated rings. The fraction of sp³-hybridized carbons (Fsp3) is 1.00. The summed E-state index contributed by atoms with van der Waals surface area (Å²) in [5.41, 5.74) is 0.0808. The lowest BCUT2D eigenvalue weighted by Crippen LogP contribution is -2.55. The highest BCUT2D eigenvalue weighted by Crippen LogP contribution is 2.68. The van der Waals surface area contributed by atoms with E-state index in [1.807, 2.05) is 6.92 Å². The molecule has 4 aliphatic carbocycles. The molecule has 4 aliphatic rings. The normalized spacial score (nSPS) is 50.1. The Labute approximate surface area is 193 Å². The van der Waals surface area contributed by atoms with Crippen LogP contribution in [0.5, 0.6) is 0 Å². The second-order valence-corrected chi connectivity index (χ2v) is 13.8. The van der Waals surface area contributed by atoms with Crippen LogP contribution in [0, 0.1) is 46.3 Å². The van der Waals surface area contributed by atoms with Crippen molar-refractivity contribution in [2.45, 2.75) is 136 Å². The molecule has 0 aromatic rings. The molecule has 0 bridgehead atoms. The minimum Gasteiger partial charge on any atom is -0.390 e. The Balaban J connectivity index is 1.45. The molecular formula is C29H52O2. The second kappa shape index (κ2) is 8.30. The number of hydrogen-bond donors (Lipinski definition) is 2. The van der Waals surface area contributed by atoms with E-state index in [-0.39, 0.29) is 0 Å². The maximum absolute atomic E-state index is 10.7. The Hall–Kier alpha value is -0.0800. The lowest BCUT2D eigenvalue weighted by Gasteiger charge is -2.62. The number of hydrogen-bond acceptors (Lipinski definition) is 2. The minimum absolute atomic E-state index is 0.424. The fourth-order valence-electron chi connectivity index (χ4n) is 9.81. The lowest BCUT2D eigenvalue weighted by molar-refractivity contribution is -0.148. The highest BCUT2D eigenvalue weighted by molar-refractivity contribution is 5.10. The van der Waals surface area contributed by atoms with Gasteiger partial charge in [-0.15, -0.1) is 0 Å². The van der Waals surface area contributed by atoms with Gasteiger partial charge in [0.1, 0.15) is 0 Å². The van der Waals surface area contributed by atoms with Crippen LogP contribution in [0.15, 0.2) is 0 Å². The van der Waals surface area contributed by atoms with Crippen molar-refractivity contribution >= 4 is 0 Å². The van der Waals surface area contributed by atoms with E-state index in [1.54, 1.807) is 0 Å². The molecule has 180 valence electrons. The van der Waals surface area contributed by atoms with Crippen molar-refractivity contribution in [3.05, 3.63) is 0 Å². The third-order valence-electron chi connectivity index (χ3n) is 11.6. The Bertz CT molecular complexity index is 639. The van der Waals surface area contributed by atoms with Gasteiger partial charge < -0.3 is 10.2 Å². The van der Waals surface area contributed by atoms with Crippen molar-refractivity contribution in [2.75, 3.05) is 0 Å². The van der Waals surface area contributed by atoms with Gasteiger partial charge in [-0.3, -0.25) is 0 Å². The van der Waals surface area contributed by atoms with Crippen molar-refractivity contribution in [2.24, 2.45) is 46.3 Å². The zero-order valence-corrected chi connectivity index (χ0v) is 21.6. The van der Waals surface area contributed by atoms with Crippen molar-refractivity contribution in [1.82, 2.24) is 0 Å². The monoisotopic (exact) mass is 432 g/mol. The molecule has 0 heterocycles. The molecule has 2 N–H and O–H groups in total. The second-order valence-electron chi connectivity index (χ2n) is 13.8. The first-order chi connectivity index (χ1) is 14.4. The average Bonchev–Trinajstić information content (AvgIpc) is 3.04. The summed E-state index contributed by atoms with van der Waals surface area (Å²) in [6.45, 7) is 14.1. The van der Waals surface area contributed by atoms with Crippen LogP contribution in [0.2, 0.25) is 0 Å². The molecule has 2 nitrogen and oxygen atoms in total. The molecule has 0 aromatic heterocycles. The molecule has 0 aliphatic heterocycles. The summed E-state index contributed by atoms with van der Waals surface area (Å²) in [6.07, 6.45) is 15.9. The van der Waals surface area contributed by atoms with Crippen LogP contribution < -0.4 is 0 Å². The average molecular weight is 433 g/mol. The maximum Gasteiger partial charge on any atom is 0.0622 e. The van der Waals surface area contributed by atoms with Crippen LogP contribution in [0.25, 0.3) is 0 Å². The molecule has 1 unspecified atom stereocenters. The summed E-state index contributed by atoms with van der Waals surface area (Å²) in [5.74, 6) is 5.03. The largest absolute Gasteiger partial charge is 0.390 e. The first-order valence-electron chi connectivity index (χ1n) is 13.9. The van der Waals surface area contributed by atoms with Crippen LogP contribution in [0.1, 0.15) is 125 Å². The highest BCUT2D eigenvalue weighted by Gasteiger charge is 2.61. The van der Waals surface area contributed by atoms with Gasteiger partial charge in [0.2, 0.25) is 0 Å². The summed E-state index contributed by atoms with van der Waals surface area (Å²) in [4.78, 5) is 0. The molecular weight excluding hydrogens is 380 g/mol. The Morgan fingerprint density at radius 3 is 2.32 bits per heavy atom. The quantitative estimate of drug-likeness (QED) is 0.460. The Morgan fingerprint density at radius 2 is 1.61 bits per heavy atom. The summed E-state index contributed by atoms with van der Waals surface area (Å²) in [7, 11) is 0. The van der Waals surface area contributed by atoms with Crippen molar-refractivity contribution < 1.29 is 10.2 Å². The van der Waals surface area contributed by atoms with Gasteiger partial charge in [0.05, 0.1) is 11.2 Å². The van der Waals surface area contributed by atoms with Crippen LogP contribution in [-0.4, -0.2) is 21.4 Å². The van der Waals surface area contributed by atoms with Gasteiger partial charge in [-0.05, 0) is 137 Å². The van der Waals surface area contributed by atoms with Crippen molar-refractivity contribution in [3.63, 3.8) is 0 Å². The zero-order valence-electron chi connectivity index (χ0n) is 21.6. The van der Waals surface area contributed by atoms with Gasteiger partial charge in [0.15, 0.2) is 0 Å². The van der Waals surface area contributed by atoms with Crippen LogP contribution in [0.4, 0.5) is 0 Å². The number of fused-ring (bicyclic) bond motifs is 5. The third-order valence-corrected chi connectivity index (χ3v) is 11.6. The molecule has 4 saturated carbocycles. The molecule has 0 radical (unpaired) electrons. The van der Waals surface area contributed by atoms with E-state index in [4.69, 9.17) is 0 Å². The maximum atomic E-state index is 10.7. The van der Waals surface area contributed by atoms with Gasteiger partial charge in [0.25, 0.3) is 0 Å². The van der Waals surface area contributed by atoms with Gasteiger partial charge >= 0.3 is 0 Å². The summed E-state index contributed by atoms with van der Waals surface area (Å²) in [6, 6.07) is 0. The first kappa shape index (κ1) is 24.1. The molecule has 2 heteroatoms. The van der Waals surface area contributed by atoms with Crippen molar-refractivity contribution in [3.8, 4) is 0 Å². The first-order valence-corrected chi connectivity index (χ1v) is 13.9. The van der Waals surface area contributed by atoms with Gasteiger partial charge in [-0.25, -0.2) is 0 Å². The van der Waals surface area contributed by atoms with E-state index in [2.05, 4.69) is 34.6 Å². The van der Waals surface area contributed by atoms with E-state index in [9.17, 15) is 10.2 Å². The molecule has 31 heavy (non-hydrogen) atoms. The van der Waals surface area contributed by atoms with E-state index in [0.29, 0.717) is 10.8 Å². The van der Waals surface area contributed by atoms with Gasteiger partial charge in [-0.2, -0.15) is 0 Å². The molecule has 0 amide bonds. The minimum atomic E-state index is -0.477. The van der Waals surface area contributed by atoms with Gasteiger partial charge in [-0.1, -0.05) is 34.1 Å². The van der Waals surface area contributed by atoms with E-state index in [0.717, 1.165) is 67.6 Å². The number of aliphatic hydroxyl groups is 2. The summed E-state index contributed by atoms with van der Waals surface area (Å²) >= 11 is 0. The predicted molar refractivity (Wildman–Crippen MR) is 130 cm³/mol. The van der Waals surface area contributed by atoms with Crippen LogP contribution in [-0.2, 0) is 0 Å². The number of rotatable bonds is 6. The zero-order chi connectivity index (χ0) is 22.7. The molecule has 4 rings (SSSR count). The van der Waals surface area contributed by atoms with Crippen molar-refractivity contribution in [1.29, 1.82) is 0 Å². The third kappa shape index (κ3) is 4.27. The topological polar surface area (TPSA) is 40.5 Å². The Kier molecular flexibility index (Phi) is 6.44. The standard InChI is InChI=1S/C29H52O2/c1-7-14-26(3,30)15-12-20(2)23-10-11-24-22-9-8-21-19-27(4,31)17-18-28(21,5)25(22)13-16-29(23,24)6/h20-25,30-31H,7-19H2,1-6H3/t20-,21-,22+,23-,24+,25+,26?,27+,28+,29-/m1/s1. The van der Waals surface area contributed by atoms with Crippen LogP contribution >= 0.6 is 0 Å². The van der Waals surface area contributed by atoms with Crippen LogP contribution in [0.3, 0.4) is 0 Å². The summed E-state index contributed by atoms with van der Waals surface area (Å²) in [5, 5.41) is 21.4. The molecule has 0 spiro atoms. The highest BCUT2D eigenvalue weighted by atomic mass is 16.3. The predicted octanol–water partition coefficient (Wildman–Crippen LogP) is 7.36. The van der Waals surface area contributed by atoms with E-state index < -0.39 is 11.2 Å². The SMILES string of the molecule is CCCC(C)(O)CC[C@@H](C)[C@H]1CC[C@H]2[C@@H]3CC[C@@H]4C[C@@](C)(O)CC[C@]4(C)[C@H]3CC[C@]12C. The molecule has 10 atom stereocenters. The van der Waals surface area contributed by atoms with Gasteiger partial charge in [0, 0.05) is 0 Å². The van der Waals surface area contributed by atoms with E-state index >= 15 is 0 Å². The Morgan fingerprint density at radius 1 is 0.903 bits per heavy atom. The summed E-state index contributed by atoms with van der Waals surface area (Å²) < 4.78 is 0.